The second kappa shape index (κ2) is 8.58. The topological polar surface area (TPSA) is 85.2 Å². The quantitative estimate of drug-likeness (QED) is 0.516. The summed E-state index contributed by atoms with van der Waals surface area (Å²) in [5.41, 5.74) is -1.79. The van der Waals surface area contributed by atoms with Gasteiger partial charge in [0, 0.05) is 17.5 Å². The minimum atomic E-state index is -5.11. The molecule has 2 aromatic carbocycles. The van der Waals surface area contributed by atoms with Crippen molar-refractivity contribution in [1.82, 2.24) is 14.9 Å². The number of ether oxygens (including phenoxy) is 1. The SMILES string of the molecule is COc1ccccc1-c1cccc2c1nc1n2C(NC(=O)CCC2CCCC2)(C(F)(F)F)C(=O)N1. The molecule has 0 bridgehead atoms. The van der Waals surface area contributed by atoms with Crippen molar-refractivity contribution in [2.75, 3.05) is 12.4 Å². The number of halogens is 3. The Morgan fingerprint density at radius 2 is 1.89 bits per heavy atom. The van der Waals surface area contributed by atoms with Crippen LogP contribution in [0.3, 0.4) is 0 Å². The summed E-state index contributed by atoms with van der Waals surface area (Å²) in [6, 6.07) is 11.8. The fourth-order valence-electron chi connectivity index (χ4n) is 5.24. The van der Waals surface area contributed by atoms with E-state index in [1.165, 1.54) is 13.2 Å². The van der Waals surface area contributed by atoms with Gasteiger partial charge in [0.05, 0.1) is 18.1 Å². The molecular formula is C25H25F3N4O3. The molecule has 3 aromatic rings. The molecule has 0 spiro atoms. The molecule has 184 valence electrons. The molecule has 1 atom stereocenters. The zero-order chi connectivity index (χ0) is 24.8. The third-order valence-corrected chi connectivity index (χ3v) is 6.96. The maximum absolute atomic E-state index is 14.7. The average Bonchev–Trinajstić information content (AvgIpc) is 3.53. The van der Waals surface area contributed by atoms with Crippen LogP contribution >= 0.6 is 0 Å². The summed E-state index contributed by atoms with van der Waals surface area (Å²) in [5.74, 6) is -1.63. The van der Waals surface area contributed by atoms with Gasteiger partial charge < -0.3 is 10.1 Å². The Balaban J connectivity index is 1.60. The molecule has 10 heteroatoms. The van der Waals surface area contributed by atoms with Gasteiger partial charge in [-0.25, -0.2) is 4.98 Å². The number of amides is 2. The zero-order valence-corrected chi connectivity index (χ0v) is 19.1. The van der Waals surface area contributed by atoms with Crippen molar-refractivity contribution in [2.45, 2.75) is 50.4 Å². The maximum Gasteiger partial charge on any atom is 0.440 e. The third-order valence-electron chi connectivity index (χ3n) is 6.96. The number of hydrogen-bond acceptors (Lipinski definition) is 4. The molecule has 2 amide bonds. The monoisotopic (exact) mass is 486 g/mol. The van der Waals surface area contributed by atoms with Gasteiger partial charge in [-0.3, -0.25) is 19.5 Å². The number of alkyl halides is 3. The number of carbonyl (C=O) groups is 2. The van der Waals surface area contributed by atoms with Crippen molar-refractivity contribution in [2.24, 2.45) is 5.92 Å². The predicted molar refractivity (Wildman–Crippen MR) is 124 cm³/mol. The third kappa shape index (κ3) is 3.71. The van der Waals surface area contributed by atoms with Crippen molar-refractivity contribution >= 4 is 28.8 Å². The summed E-state index contributed by atoms with van der Waals surface area (Å²) < 4.78 is 50.1. The highest BCUT2D eigenvalue weighted by molar-refractivity contribution is 6.07. The summed E-state index contributed by atoms with van der Waals surface area (Å²) in [4.78, 5) is 29.9. The number of fused-ring (bicyclic) bond motifs is 3. The second-order valence-corrected chi connectivity index (χ2v) is 9.04. The highest BCUT2D eigenvalue weighted by atomic mass is 19.4. The molecule has 0 radical (unpaired) electrons. The van der Waals surface area contributed by atoms with Crippen LogP contribution in [0, 0.1) is 5.92 Å². The lowest BCUT2D eigenvalue weighted by atomic mass is 10.0. The molecule has 1 aliphatic carbocycles. The number of rotatable bonds is 6. The molecule has 2 aliphatic rings. The van der Waals surface area contributed by atoms with E-state index in [9.17, 15) is 22.8 Å². The number of hydrogen-bond donors (Lipinski definition) is 2. The highest BCUT2D eigenvalue weighted by Crippen LogP contribution is 2.46. The Morgan fingerprint density at radius 1 is 1.17 bits per heavy atom. The molecule has 1 saturated carbocycles. The van der Waals surface area contributed by atoms with Crippen LogP contribution in [0.2, 0.25) is 0 Å². The van der Waals surface area contributed by atoms with E-state index >= 15 is 0 Å². The first-order valence-electron chi connectivity index (χ1n) is 11.6. The number of imidazole rings is 1. The minimum Gasteiger partial charge on any atom is -0.496 e. The Kier molecular flexibility index (Phi) is 5.69. The number of anilines is 1. The Labute approximate surface area is 199 Å². The first-order chi connectivity index (χ1) is 16.8. The smallest absolute Gasteiger partial charge is 0.440 e. The van der Waals surface area contributed by atoms with Crippen LogP contribution in [0.1, 0.15) is 38.5 Å². The first kappa shape index (κ1) is 23.2. The fourth-order valence-corrected chi connectivity index (χ4v) is 5.24. The lowest BCUT2D eigenvalue weighted by Crippen LogP contribution is -2.63. The van der Waals surface area contributed by atoms with Crippen LogP contribution in [0.4, 0.5) is 19.1 Å². The normalized spacial score (nSPS) is 20.2. The summed E-state index contributed by atoms with van der Waals surface area (Å²) in [6.07, 6.45) is -0.610. The van der Waals surface area contributed by atoms with Crippen molar-refractivity contribution in [3.8, 4) is 16.9 Å². The van der Waals surface area contributed by atoms with E-state index in [2.05, 4.69) is 10.3 Å². The van der Waals surface area contributed by atoms with E-state index in [0.717, 1.165) is 30.3 Å². The van der Waals surface area contributed by atoms with Crippen LogP contribution in [0.25, 0.3) is 22.2 Å². The molecule has 35 heavy (non-hydrogen) atoms. The number of benzene rings is 2. The zero-order valence-electron chi connectivity index (χ0n) is 19.1. The molecule has 2 N–H and O–H groups in total. The molecule has 1 fully saturated rings. The van der Waals surface area contributed by atoms with Crippen LogP contribution in [0.15, 0.2) is 42.5 Å². The summed E-state index contributed by atoms with van der Waals surface area (Å²) >= 11 is 0. The van der Waals surface area contributed by atoms with Crippen LogP contribution in [-0.4, -0.2) is 34.7 Å². The minimum absolute atomic E-state index is 0.0650. The van der Waals surface area contributed by atoms with E-state index in [4.69, 9.17) is 4.74 Å². The molecular weight excluding hydrogens is 461 g/mol. The van der Waals surface area contributed by atoms with E-state index in [0.29, 0.717) is 29.2 Å². The van der Waals surface area contributed by atoms with Gasteiger partial charge in [0.1, 0.15) is 5.75 Å². The Morgan fingerprint density at radius 3 is 2.60 bits per heavy atom. The van der Waals surface area contributed by atoms with Crippen molar-refractivity contribution < 1.29 is 27.5 Å². The van der Waals surface area contributed by atoms with Crippen molar-refractivity contribution in [1.29, 1.82) is 0 Å². The standard InChI is InChI=1S/C25H25F3N4O3/c1-35-19-12-5-4-9-16(19)17-10-6-11-18-21(17)29-23-30-22(34)24(32(18)23,25(26,27)28)31-20(33)14-13-15-7-2-3-8-15/h4-6,9-12,15H,2-3,7-8,13-14H2,1H3,(H,31,33)(H,29,30,34). The van der Waals surface area contributed by atoms with Crippen LogP contribution in [0.5, 0.6) is 5.75 Å². The molecule has 0 saturated heterocycles. The van der Waals surface area contributed by atoms with E-state index in [1.807, 2.05) is 5.32 Å². The van der Waals surface area contributed by atoms with Crippen molar-refractivity contribution in [3.63, 3.8) is 0 Å². The van der Waals surface area contributed by atoms with Gasteiger partial charge in [-0.15, -0.1) is 0 Å². The van der Waals surface area contributed by atoms with Gasteiger partial charge >= 0.3 is 6.18 Å². The number of nitrogens with one attached hydrogen (secondary N) is 2. The van der Waals surface area contributed by atoms with Gasteiger partial charge in [0.2, 0.25) is 11.9 Å². The molecule has 1 aliphatic heterocycles. The Hall–Kier alpha value is -3.56. The predicted octanol–water partition coefficient (Wildman–Crippen LogP) is 4.97. The molecule has 1 unspecified atom stereocenters. The number of carbonyl (C=O) groups excluding carboxylic acids is 2. The van der Waals surface area contributed by atoms with E-state index in [1.54, 1.807) is 36.4 Å². The molecule has 1 aromatic heterocycles. The van der Waals surface area contributed by atoms with E-state index in [-0.39, 0.29) is 23.4 Å². The number of para-hydroxylation sites is 2. The van der Waals surface area contributed by atoms with E-state index < -0.39 is 23.7 Å². The average molecular weight is 486 g/mol. The molecule has 2 heterocycles. The summed E-state index contributed by atoms with van der Waals surface area (Å²) in [6.45, 7) is 0. The molecule has 5 rings (SSSR count). The van der Waals surface area contributed by atoms with Gasteiger partial charge in [-0.2, -0.15) is 13.2 Å². The molecule has 7 nitrogen and oxygen atoms in total. The van der Waals surface area contributed by atoms with Crippen LogP contribution < -0.4 is 15.4 Å². The number of nitrogens with zero attached hydrogens (tertiary/aromatic N) is 2. The number of methoxy groups -OCH3 is 1. The van der Waals surface area contributed by atoms with Gasteiger partial charge in [0.15, 0.2) is 0 Å². The largest absolute Gasteiger partial charge is 0.496 e. The van der Waals surface area contributed by atoms with Gasteiger partial charge in [0.25, 0.3) is 11.6 Å². The lowest BCUT2D eigenvalue weighted by Gasteiger charge is -2.32. The Bertz CT molecular complexity index is 1300. The fraction of sp³-hybridized carbons (Fsp3) is 0.400. The summed E-state index contributed by atoms with van der Waals surface area (Å²) in [5, 5.41) is 4.29. The maximum atomic E-state index is 14.7. The number of aromatic nitrogens is 2. The van der Waals surface area contributed by atoms with Gasteiger partial charge in [-0.05, 0) is 24.5 Å². The first-order valence-corrected chi connectivity index (χ1v) is 11.6. The second-order valence-electron chi connectivity index (χ2n) is 9.04. The van der Waals surface area contributed by atoms with Crippen molar-refractivity contribution in [3.05, 3.63) is 42.5 Å². The van der Waals surface area contributed by atoms with Gasteiger partial charge in [-0.1, -0.05) is 56.0 Å². The van der Waals surface area contributed by atoms with Crippen LogP contribution in [-0.2, 0) is 15.3 Å². The highest BCUT2D eigenvalue weighted by Gasteiger charge is 2.67. The lowest BCUT2D eigenvalue weighted by molar-refractivity contribution is -0.217. The summed E-state index contributed by atoms with van der Waals surface area (Å²) in [7, 11) is 1.50.